The van der Waals surface area contributed by atoms with Crippen LogP contribution in [0.1, 0.15) is 25.0 Å². The van der Waals surface area contributed by atoms with Crippen molar-refractivity contribution in [3.05, 3.63) is 217 Å². The summed E-state index contributed by atoms with van der Waals surface area (Å²) >= 11 is 0. The summed E-state index contributed by atoms with van der Waals surface area (Å²) in [4.78, 5) is 0. The average Bonchev–Trinajstić information content (AvgIpc) is 3.53. The number of hydrogen-bond donors (Lipinski definition) is 0. The molecule has 0 aliphatic heterocycles. The van der Waals surface area contributed by atoms with Crippen molar-refractivity contribution in [2.75, 3.05) is 0 Å². The largest absolute Gasteiger partial charge is 0.0616 e. The number of rotatable bonds is 4. The molecule has 11 aromatic rings. The first-order valence-corrected chi connectivity index (χ1v) is 20.8. The zero-order valence-electron chi connectivity index (χ0n) is 33.1. The Morgan fingerprint density at radius 2 is 0.712 bits per heavy atom. The van der Waals surface area contributed by atoms with Gasteiger partial charge in [0.25, 0.3) is 0 Å². The number of benzene rings is 11. The second-order valence-corrected chi connectivity index (χ2v) is 16.8. The predicted octanol–water partition coefficient (Wildman–Crippen LogP) is 16.4. The van der Waals surface area contributed by atoms with Gasteiger partial charge in [-0.15, -0.1) is 0 Å². The fourth-order valence-corrected chi connectivity index (χ4v) is 10.5. The van der Waals surface area contributed by atoms with Gasteiger partial charge in [-0.2, -0.15) is 0 Å². The van der Waals surface area contributed by atoms with Gasteiger partial charge in [0.2, 0.25) is 0 Å². The molecule has 0 N–H and O–H groups in total. The molecule has 0 unspecified atom stereocenters. The van der Waals surface area contributed by atoms with E-state index in [9.17, 15) is 0 Å². The van der Waals surface area contributed by atoms with E-state index in [0.717, 1.165) is 0 Å². The highest BCUT2D eigenvalue weighted by atomic mass is 14.4. The maximum atomic E-state index is 2.45. The van der Waals surface area contributed by atoms with E-state index in [1.165, 1.54) is 121 Å². The van der Waals surface area contributed by atoms with Gasteiger partial charge in [-0.05, 0) is 133 Å². The third-order valence-electron chi connectivity index (χ3n) is 13.2. The first-order valence-electron chi connectivity index (χ1n) is 20.8. The van der Waals surface area contributed by atoms with Crippen LogP contribution in [0.3, 0.4) is 0 Å². The Balaban J connectivity index is 1.04. The minimum atomic E-state index is -0.0618. The Bertz CT molecular complexity index is 3500. The second kappa shape index (κ2) is 12.9. The summed E-state index contributed by atoms with van der Waals surface area (Å²) in [5.41, 5.74) is 15.5. The van der Waals surface area contributed by atoms with E-state index in [1.807, 2.05) is 0 Å². The molecule has 0 spiro atoms. The highest BCUT2D eigenvalue weighted by Crippen LogP contribution is 2.52. The van der Waals surface area contributed by atoms with Crippen molar-refractivity contribution in [3.8, 4) is 55.6 Å². The number of hydrogen-bond acceptors (Lipinski definition) is 0. The van der Waals surface area contributed by atoms with Gasteiger partial charge in [0.15, 0.2) is 0 Å². The number of fused-ring (bicyclic) bond motifs is 9. The van der Waals surface area contributed by atoms with Crippen LogP contribution in [0.15, 0.2) is 206 Å². The van der Waals surface area contributed by atoms with E-state index in [2.05, 4.69) is 220 Å². The van der Waals surface area contributed by atoms with Gasteiger partial charge in [0.05, 0.1) is 0 Å². The molecule has 0 amide bonds. The van der Waals surface area contributed by atoms with Gasteiger partial charge in [-0.25, -0.2) is 0 Å². The standard InChI is InChI=1S/C59H40/c1-59(2)55-34-31-43(35-53(55)52-33-29-41-15-5-8-20-46(41)58(52)59)38-27-25-37(26-28-38)42-30-32-51-54(36-42)57(48-24-12-17-40-14-4-7-19-45(40)48)50-22-10-9-21-49(50)56(51)47-23-11-16-39-13-3-6-18-44(39)47/h3-36H,1-2H3. The molecule has 1 aliphatic carbocycles. The Morgan fingerprint density at radius 3 is 1.32 bits per heavy atom. The zero-order chi connectivity index (χ0) is 39.2. The molecule has 0 fully saturated rings. The molecule has 0 nitrogen and oxygen atoms in total. The summed E-state index contributed by atoms with van der Waals surface area (Å²) in [6, 6.07) is 76.9. The van der Waals surface area contributed by atoms with Crippen LogP contribution in [-0.4, -0.2) is 0 Å². The van der Waals surface area contributed by atoms with Crippen molar-refractivity contribution in [3.63, 3.8) is 0 Å². The lowest BCUT2D eigenvalue weighted by Gasteiger charge is -2.23. The maximum Gasteiger partial charge on any atom is 0.0165 e. The molecule has 0 saturated carbocycles. The van der Waals surface area contributed by atoms with Crippen LogP contribution in [0.4, 0.5) is 0 Å². The Labute approximate surface area is 344 Å². The first kappa shape index (κ1) is 33.8. The van der Waals surface area contributed by atoms with Crippen molar-refractivity contribution in [1.29, 1.82) is 0 Å². The monoisotopic (exact) mass is 748 g/mol. The average molecular weight is 749 g/mol. The Hall–Kier alpha value is -7.28. The van der Waals surface area contributed by atoms with Crippen LogP contribution in [0.5, 0.6) is 0 Å². The summed E-state index contributed by atoms with van der Waals surface area (Å²) in [6.45, 7) is 4.75. The molecule has 0 atom stereocenters. The molecule has 0 heterocycles. The van der Waals surface area contributed by atoms with E-state index in [0.29, 0.717) is 0 Å². The molecule has 0 radical (unpaired) electrons. The van der Waals surface area contributed by atoms with Crippen molar-refractivity contribution < 1.29 is 0 Å². The topological polar surface area (TPSA) is 0 Å². The van der Waals surface area contributed by atoms with Gasteiger partial charge in [-0.3, -0.25) is 0 Å². The van der Waals surface area contributed by atoms with Crippen molar-refractivity contribution >= 4 is 53.9 Å². The van der Waals surface area contributed by atoms with E-state index >= 15 is 0 Å². The third-order valence-corrected chi connectivity index (χ3v) is 13.2. The summed E-state index contributed by atoms with van der Waals surface area (Å²) < 4.78 is 0. The van der Waals surface area contributed by atoms with E-state index in [1.54, 1.807) is 0 Å². The first-order chi connectivity index (χ1) is 29.0. The molecule has 12 rings (SSSR count). The van der Waals surface area contributed by atoms with Crippen LogP contribution in [0.2, 0.25) is 0 Å². The Morgan fingerprint density at radius 1 is 0.271 bits per heavy atom. The predicted molar refractivity (Wildman–Crippen MR) is 253 cm³/mol. The minimum Gasteiger partial charge on any atom is -0.0616 e. The lowest BCUT2D eigenvalue weighted by Crippen LogP contribution is -2.15. The molecule has 0 heteroatoms. The minimum absolute atomic E-state index is 0.0618. The van der Waals surface area contributed by atoms with Crippen molar-refractivity contribution in [2.24, 2.45) is 0 Å². The lowest BCUT2D eigenvalue weighted by molar-refractivity contribution is 0.666. The third kappa shape index (κ3) is 5.09. The summed E-state index contributed by atoms with van der Waals surface area (Å²) in [6.07, 6.45) is 0. The SMILES string of the molecule is CC1(C)c2ccc(-c3ccc(-c4ccc5c(-c6cccc7ccccc67)c6ccccc6c(-c6cccc7ccccc67)c5c4)cc3)cc2-c2ccc3ccccc3c21. The molecular formula is C59H40. The molecular weight excluding hydrogens is 709 g/mol. The van der Waals surface area contributed by atoms with Gasteiger partial charge in [0.1, 0.15) is 0 Å². The summed E-state index contributed by atoms with van der Waals surface area (Å²) in [5, 5.41) is 12.8. The van der Waals surface area contributed by atoms with Crippen molar-refractivity contribution in [1.82, 2.24) is 0 Å². The zero-order valence-corrected chi connectivity index (χ0v) is 33.1. The quantitative estimate of drug-likeness (QED) is 0.157. The molecule has 0 aromatic heterocycles. The van der Waals surface area contributed by atoms with Crippen LogP contribution in [0.25, 0.3) is 109 Å². The molecule has 59 heavy (non-hydrogen) atoms. The van der Waals surface area contributed by atoms with Crippen LogP contribution >= 0.6 is 0 Å². The fraction of sp³-hybridized carbons (Fsp3) is 0.0508. The van der Waals surface area contributed by atoms with Gasteiger partial charge in [0, 0.05) is 5.41 Å². The van der Waals surface area contributed by atoms with E-state index < -0.39 is 0 Å². The van der Waals surface area contributed by atoms with Gasteiger partial charge in [-0.1, -0.05) is 208 Å². The smallest absolute Gasteiger partial charge is 0.0165 e. The van der Waals surface area contributed by atoms with Crippen molar-refractivity contribution in [2.45, 2.75) is 19.3 Å². The normalized spacial score (nSPS) is 13.1. The second-order valence-electron chi connectivity index (χ2n) is 16.8. The summed E-state index contributed by atoms with van der Waals surface area (Å²) in [7, 11) is 0. The van der Waals surface area contributed by atoms with Gasteiger partial charge < -0.3 is 0 Å². The molecule has 0 saturated heterocycles. The highest BCUT2D eigenvalue weighted by molar-refractivity contribution is 6.25. The maximum absolute atomic E-state index is 2.45. The molecule has 11 aromatic carbocycles. The van der Waals surface area contributed by atoms with Gasteiger partial charge >= 0.3 is 0 Å². The Kier molecular flexibility index (Phi) is 7.38. The van der Waals surface area contributed by atoms with Crippen LogP contribution < -0.4 is 0 Å². The van der Waals surface area contributed by atoms with E-state index in [-0.39, 0.29) is 5.41 Å². The van der Waals surface area contributed by atoms with Crippen LogP contribution in [-0.2, 0) is 5.41 Å². The molecule has 276 valence electrons. The highest BCUT2D eigenvalue weighted by Gasteiger charge is 2.37. The summed E-state index contributed by atoms with van der Waals surface area (Å²) in [5.74, 6) is 0. The van der Waals surface area contributed by atoms with E-state index in [4.69, 9.17) is 0 Å². The van der Waals surface area contributed by atoms with Crippen LogP contribution in [0, 0.1) is 0 Å². The lowest BCUT2D eigenvalue weighted by atomic mass is 9.80. The fourth-order valence-electron chi connectivity index (χ4n) is 10.5. The molecule has 1 aliphatic rings. The molecule has 0 bridgehead atoms.